The minimum atomic E-state index is -0.193. The zero-order valence-electron chi connectivity index (χ0n) is 10.0. The van der Waals surface area contributed by atoms with Gasteiger partial charge in [-0.2, -0.15) is 0 Å². The first-order valence-electron chi connectivity index (χ1n) is 6.09. The molecule has 0 saturated heterocycles. The summed E-state index contributed by atoms with van der Waals surface area (Å²) >= 11 is 0. The molecule has 0 fully saturated rings. The molecule has 3 nitrogen and oxygen atoms in total. The van der Waals surface area contributed by atoms with Crippen molar-refractivity contribution in [3.63, 3.8) is 0 Å². The summed E-state index contributed by atoms with van der Waals surface area (Å²) in [5.41, 5.74) is 2.73. The van der Waals surface area contributed by atoms with Gasteiger partial charge in [0, 0.05) is 11.9 Å². The van der Waals surface area contributed by atoms with Gasteiger partial charge in [-0.3, -0.25) is 0 Å². The van der Waals surface area contributed by atoms with Gasteiger partial charge in [-0.25, -0.2) is 4.79 Å². The molecule has 0 aromatic carbocycles. The van der Waals surface area contributed by atoms with Crippen molar-refractivity contribution in [2.75, 3.05) is 6.61 Å². The van der Waals surface area contributed by atoms with Crippen LogP contribution in [0.1, 0.15) is 44.0 Å². The van der Waals surface area contributed by atoms with Gasteiger partial charge in [0.1, 0.15) is 6.04 Å². The van der Waals surface area contributed by atoms with Crippen molar-refractivity contribution in [2.24, 2.45) is 0 Å². The topological polar surface area (TPSA) is 31.2 Å². The third kappa shape index (κ3) is 1.99. The van der Waals surface area contributed by atoms with Crippen LogP contribution in [0.5, 0.6) is 0 Å². The third-order valence-electron chi connectivity index (χ3n) is 3.27. The zero-order chi connectivity index (χ0) is 11.5. The van der Waals surface area contributed by atoms with Gasteiger partial charge in [0.2, 0.25) is 0 Å². The molecule has 0 amide bonds. The second-order valence-corrected chi connectivity index (χ2v) is 4.33. The van der Waals surface area contributed by atoms with E-state index in [2.05, 4.69) is 10.6 Å². The minimum Gasteiger partial charge on any atom is -0.464 e. The highest BCUT2D eigenvalue weighted by Gasteiger charge is 2.21. The van der Waals surface area contributed by atoms with E-state index in [0.717, 1.165) is 12.8 Å². The Balaban J connectivity index is 2.20. The van der Waals surface area contributed by atoms with Gasteiger partial charge in [-0.05, 0) is 51.2 Å². The van der Waals surface area contributed by atoms with Crippen molar-refractivity contribution in [3.8, 4) is 0 Å². The van der Waals surface area contributed by atoms with Crippen molar-refractivity contribution in [1.82, 2.24) is 4.57 Å². The molecule has 1 aromatic rings. The van der Waals surface area contributed by atoms with E-state index in [1.165, 1.54) is 24.1 Å². The van der Waals surface area contributed by atoms with E-state index in [4.69, 9.17) is 4.74 Å². The van der Waals surface area contributed by atoms with Crippen molar-refractivity contribution < 1.29 is 9.53 Å². The zero-order valence-corrected chi connectivity index (χ0v) is 10.0. The molecule has 0 aliphatic heterocycles. The first kappa shape index (κ1) is 11.2. The Labute approximate surface area is 96.4 Å². The minimum absolute atomic E-state index is 0.133. The first-order chi connectivity index (χ1) is 7.74. The molecule has 1 aliphatic carbocycles. The molecule has 1 aromatic heterocycles. The summed E-state index contributed by atoms with van der Waals surface area (Å²) in [5, 5.41) is 0. The summed E-state index contributed by atoms with van der Waals surface area (Å²) in [6.45, 7) is 4.20. The summed E-state index contributed by atoms with van der Waals surface area (Å²) in [7, 11) is 0. The lowest BCUT2D eigenvalue weighted by molar-refractivity contribution is -0.146. The van der Waals surface area contributed by atoms with Crippen molar-refractivity contribution >= 4 is 5.97 Å². The normalized spacial score (nSPS) is 16.6. The lowest BCUT2D eigenvalue weighted by Gasteiger charge is -2.19. The Morgan fingerprint density at radius 2 is 2.25 bits per heavy atom. The Morgan fingerprint density at radius 3 is 3.00 bits per heavy atom. The highest BCUT2D eigenvalue weighted by Crippen LogP contribution is 2.25. The summed E-state index contributed by atoms with van der Waals surface area (Å²) in [6.07, 6.45) is 6.76. The number of carbonyl (C=O) groups is 1. The fraction of sp³-hybridized carbons (Fsp3) is 0.615. The number of nitrogens with zero attached hydrogens (tertiary/aromatic N) is 1. The van der Waals surface area contributed by atoms with Gasteiger partial charge in [0.25, 0.3) is 0 Å². The molecule has 0 unspecified atom stereocenters. The highest BCUT2D eigenvalue weighted by molar-refractivity contribution is 5.74. The fourth-order valence-corrected chi connectivity index (χ4v) is 2.39. The summed E-state index contributed by atoms with van der Waals surface area (Å²) in [5.74, 6) is -0.133. The molecule has 88 valence electrons. The maximum Gasteiger partial charge on any atom is 0.328 e. The van der Waals surface area contributed by atoms with Gasteiger partial charge in [-0.1, -0.05) is 0 Å². The Morgan fingerprint density at radius 1 is 1.50 bits per heavy atom. The molecule has 0 radical (unpaired) electrons. The Kier molecular flexibility index (Phi) is 3.32. The van der Waals surface area contributed by atoms with E-state index in [1.807, 2.05) is 20.0 Å². The number of aryl methyl sites for hydroxylation is 1. The largest absolute Gasteiger partial charge is 0.464 e. The van der Waals surface area contributed by atoms with Crippen LogP contribution in [-0.4, -0.2) is 17.1 Å². The predicted molar refractivity (Wildman–Crippen MR) is 62.4 cm³/mol. The van der Waals surface area contributed by atoms with E-state index in [0.29, 0.717) is 6.61 Å². The third-order valence-corrected chi connectivity index (χ3v) is 3.27. The summed E-state index contributed by atoms with van der Waals surface area (Å²) in [4.78, 5) is 11.7. The maximum atomic E-state index is 11.7. The van der Waals surface area contributed by atoms with Crippen molar-refractivity contribution in [1.29, 1.82) is 0 Å². The van der Waals surface area contributed by atoms with Gasteiger partial charge < -0.3 is 9.30 Å². The molecular weight excluding hydrogens is 202 g/mol. The SMILES string of the molecule is CCOC(=O)[C@@H](C)n1ccc2c1CCCC2. The van der Waals surface area contributed by atoms with Crippen LogP contribution in [0.4, 0.5) is 0 Å². The van der Waals surface area contributed by atoms with Crippen molar-refractivity contribution in [2.45, 2.75) is 45.6 Å². The molecule has 1 heterocycles. The maximum absolute atomic E-state index is 11.7. The van der Waals surface area contributed by atoms with Crippen LogP contribution < -0.4 is 0 Å². The second kappa shape index (κ2) is 4.73. The number of rotatable bonds is 3. The second-order valence-electron chi connectivity index (χ2n) is 4.33. The monoisotopic (exact) mass is 221 g/mol. The molecule has 2 rings (SSSR count). The van der Waals surface area contributed by atoms with Gasteiger partial charge >= 0.3 is 5.97 Å². The highest BCUT2D eigenvalue weighted by atomic mass is 16.5. The summed E-state index contributed by atoms with van der Waals surface area (Å²) < 4.78 is 7.13. The molecule has 0 spiro atoms. The van der Waals surface area contributed by atoms with Crippen molar-refractivity contribution in [3.05, 3.63) is 23.5 Å². The molecule has 16 heavy (non-hydrogen) atoms. The van der Waals surface area contributed by atoms with Crippen LogP contribution in [0.3, 0.4) is 0 Å². The molecule has 1 aliphatic rings. The van der Waals surface area contributed by atoms with Crippen LogP contribution in [0.2, 0.25) is 0 Å². The number of hydrogen-bond acceptors (Lipinski definition) is 2. The number of ether oxygens (including phenoxy) is 1. The summed E-state index contributed by atoms with van der Waals surface area (Å²) in [6, 6.07) is 1.95. The quantitative estimate of drug-likeness (QED) is 0.734. The lowest BCUT2D eigenvalue weighted by Crippen LogP contribution is -2.21. The lowest BCUT2D eigenvalue weighted by atomic mass is 9.98. The Hall–Kier alpha value is -1.25. The smallest absolute Gasteiger partial charge is 0.328 e. The average Bonchev–Trinajstić information content (AvgIpc) is 2.72. The van der Waals surface area contributed by atoms with Crippen LogP contribution in [0.15, 0.2) is 12.3 Å². The van der Waals surface area contributed by atoms with Gasteiger partial charge in [-0.15, -0.1) is 0 Å². The number of esters is 1. The number of carbonyl (C=O) groups excluding carboxylic acids is 1. The Bertz CT molecular complexity index is 381. The molecule has 0 saturated carbocycles. The van der Waals surface area contributed by atoms with E-state index in [-0.39, 0.29) is 12.0 Å². The predicted octanol–water partition coefficient (Wildman–Crippen LogP) is 2.49. The fourth-order valence-electron chi connectivity index (χ4n) is 2.39. The molecular formula is C13H19NO2. The van der Waals surface area contributed by atoms with Gasteiger partial charge in [0.05, 0.1) is 6.61 Å². The molecule has 3 heteroatoms. The van der Waals surface area contributed by atoms with E-state index < -0.39 is 0 Å². The van der Waals surface area contributed by atoms with Gasteiger partial charge in [0.15, 0.2) is 0 Å². The number of fused-ring (bicyclic) bond motifs is 1. The molecule has 0 bridgehead atoms. The average molecular weight is 221 g/mol. The standard InChI is InChI=1S/C13H19NO2/c1-3-16-13(15)10(2)14-9-8-11-6-4-5-7-12(11)14/h8-10H,3-7H2,1-2H3/t10-/m1/s1. The van der Waals surface area contributed by atoms with Crippen LogP contribution in [0, 0.1) is 0 Å². The van der Waals surface area contributed by atoms with Crippen LogP contribution in [0.25, 0.3) is 0 Å². The molecule has 0 N–H and O–H groups in total. The van der Waals surface area contributed by atoms with E-state index in [9.17, 15) is 4.79 Å². The van der Waals surface area contributed by atoms with E-state index in [1.54, 1.807) is 0 Å². The van der Waals surface area contributed by atoms with E-state index >= 15 is 0 Å². The van der Waals surface area contributed by atoms with Crippen LogP contribution in [-0.2, 0) is 22.4 Å². The number of hydrogen-bond donors (Lipinski definition) is 0. The molecule has 1 atom stereocenters. The first-order valence-corrected chi connectivity index (χ1v) is 6.09. The van der Waals surface area contributed by atoms with Crippen LogP contribution >= 0.6 is 0 Å². The number of aromatic nitrogens is 1.